The van der Waals surface area contributed by atoms with Crippen molar-refractivity contribution in [3.05, 3.63) is 53.6 Å². The summed E-state index contributed by atoms with van der Waals surface area (Å²) in [5, 5.41) is 3.07. The summed E-state index contributed by atoms with van der Waals surface area (Å²) in [6.45, 7) is 3.96. The Morgan fingerprint density at radius 1 is 1.21 bits per heavy atom. The number of ether oxygens (including phenoxy) is 2. The number of nitrogens with zero attached hydrogens (tertiary/aromatic N) is 1. The van der Waals surface area contributed by atoms with Gasteiger partial charge in [0.05, 0.1) is 25.1 Å². The molecule has 1 amide bonds. The highest BCUT2D eigenvalue weighted by Crippen LogP contribution is 2.41. The SMILES string of the molecule is COc1ccc2c(c1)C(NC(=O)c1ccc(N(C)S(C)(=O)=O)cc1)CC(C)(C)O2. The molecule has 8 heteroatoms. The molecule has 0 aromatic heterocycles. The number of sulfonamides is 1. The molecule has 0 fully saturated rings. The van der Waals surface area contributed by atoms with Crippen LogP contribution < -0.4 is 19.1 Å². The third kappa shape index (κ3) is 4.64. The lowest BCUT2D eigenvalue weighted by Gasteiger charge is -2.38. The molecule has 0 saturated heterocycles. The third-order valence-corrected chi connectivity index (χ3v) is 6.18. The van der Waals surface area contributed by atoms with E-state index in [-0.39, 0.29) is 11.9 Å². The predicted octanol–water partition coefficient (Wildman–Crippen LogP) is 3.12. The van der Waals surface area contributed by atoms with Crippen molar-refractivity contribution in [3.8, 4) is 11.5 Å². The van der Waals surface area contributed by atoms with E-state index in [2.05, 4.69) is 5.32 Å². The second kappa shape index (κ2) is 7.59. The van der Waals surface area contributed by atoms with Crippen LogP contribution in [0.25, 0.3) is 0 Å². The molecule has 0 bridgehead atoms. The second-order valence-corrected chi connectivity index (χ2v) is 9.79. The normalized spacial score (nSPS) is 17.6. The topological polar surface area (TPSA) is 84.9 Å². The molecule has 0 spiro atoms. The number of fused-ring (bicyclic) bond motifs is 1. The summed E-state index contributed by atoms with van der Waals surface area (Å²) in [6.07, 6.45) is 1.74. The van der Waals surface area contributed by atoms with Gasteiger partial charge in [0.2, 0.25) is 10.0 Å². The first kappa shape index (κ1) is 21.0. The van der Waals surface area contributed by atoms with Crippen molar-refractivity contribution < 1.29 is 22.7 Å². The fourth-order valence-corrected chi connectivity index (χ4v) is 3.85. The highest BCUT2D eigenvalue weighted by atomic mass is 32.2. The first-order valence-electron chi connectivity index (χ1n) is 9.22. The lowest BCUT2D eigenvalue weighted by molar-refractivity contribution is 0.0618. The minimum Gasteiger partial charge on any atom is -0.497 e. The monoisotopic (exact) mass is 418 g/mol. The van der Waals surface area contributed by atoms with Crippen LogP contribution >= 0.6 is 0 Å². The average Bonchev–Trinajstić information content (AvgIpc) is 2.65. The number of hydrogen-bond acceptors (Lipinski definition) is 5. The number of carbonyl (C=O) groups excluding carboxylic acids is 1. The van der Waals surface area contributed by atoms with E-state index in [0.29, 0.717) is 23.4 Å². The van der Waals surface area contributed by atoms with Crippen molar-refractivity contribution >= 4 is 21.6 Å². The molecule has 1 heterocycles. The van der Waals surface area contributed by atoms with Crippen molar-refractivity contribution in [1.82, 2.24) is 5.32 Å². The van der Waals surface area contributed by atoms with Crippen LogP contribution in [0, 0.1) is 0 Å². The van der Waals surface area contributed by atoms with Crippen LogP contribution in [0.3, 0.4) is 0 Å². The highest BCUT2D eigenvalue weighted by Gasteiger charge is 2.35. The summed E-state index contributed by atoms with van der Waals surface area (Å²) in [6, 6.07) is 11.8. The van der Waals surface area contributed by atoms with Gasteiger partial charge in [-0.3, -0.25) is 9.10 Å². The van der Waals surface area contributed by atoms with Crippen LogP contribution in [0.1, 0.15) is 42.2 Å². The zero-order chi connectivity index (χ0) is 21.4. The Labute approximate surface area is 171 Å². The number of hydrogen-bond donors (Lipinski definition) is 1. The minimum atomic E-state index is -3.36. The molecule has 1 aliphatic rings. The maximum Gasteiger partial charge on any atom is 0.251 e. The van der Waals surface area contributed by atoms with Gasteiger partial charge >= 0.3 is 0 Å². The lowest BCUT2D eigenvalue weighted by Crippen LogP contribution is -2.41. The van der Waals surface area contributed by atoms with Gasteiger partial charge in [0.1, 0.15) is 17.1 Å². The Balaban J connectivity index is 1.83. The van der Waals surface area contributed by atoms with Gasteiger partial charge in [0, 0.05) is 24.6 Å². The molecule has 1 unspecified atom stereocenters. The molecule has 2 aromatic rings. The Morgan fingerprint density at radius 2 is 1.86 bits per heavy atom. The van der Waals surface area contributed by atoms with E-state index in [0.717, 1.165) is 21.9 Å². The van der Waals surface area contributed by atoms with Crippen molar-refractivity contribution in [2.24, 2.45) is 0 Å². The number of anilines is 1. The second-order valence-electron chi connectivity index (χ2n) is 7.77. The molecule has 1 N–H and O–H groups in total. The molecule has 7 nitrogen and oxygen atoms in total. The van der Waals surface area contributed by atoms with Crippen LogP contribution in [0.2, 0.25) is 0 Å². The first-order valence-corrected chi connectivity index (χ1v) is 11.1. The van der Waals surface area contributed by atoms with Crippen LogP contribution in [0.4, 0.5) is 5.69 Å². The van der Waals surface area contributed by atoms with Gasteiger partial charge in [-0.1, -0.05) is 0 Å². The van der Waals surface area contributed by atoms with Crippen LogP contribution in [0.5, 0.6) is 11.5 Å². The quantitative estimate of drug-likeness (QED) is 0.806. The molecule has 156 valence electrons. The lowest BCUT2D eigenvalue weighted by atomic mass is 9.89. The van der Waals surface area contributed by atoms with E-state index < -0.39 is 15.6 Å². The average molecular weight is 419 g/mol. The van der Waals surface area contributed by atoms with Crippen LogP contribution in [0.15, 0.2) is 42.5 Å². The van der Waals surface area contributed by atoms with Crippen molar-refractivity contribution in [1.29, 1.82) is 0 Å². The van der Waals surface area contributed by atoms with E-state index in [4.69, 9.17) is 9.47 Å². The van der Waals surface area contributed by atoms with E-state index in [1.165, 1.54) is 7.05 Å². The van der Waals surface area contributed by atoms with Crippen LogP contribution in [-0.2, 0) is 10.0 Å². The summed E-state index contributed by atoms with van der Waals surface area (Å²) in [4.78, 5) is 12.9. The number of methoxy groups -OCH3 is 1. The zero-order valence-electron chi connectivity index (χ0n) is 17.2. The predicted molar refractivity (Wildman–Crippen MR) is 112 cm³/mol. The summed E-state index contributed by atoms with van der Waals surface area (Å²) in [5.41, 5.74) is 1.38. The molecular weight excluding hydrogens is 392 g/mol. The van der Waals surface area contributed by atoms with Crippen molar-refractivity contribution in [3.63, 3.8) is 0 Å². The number of amides is 1. The van der Waals surface area contributed by atoms with Gasteiger partial charge in [-0.25, -0.2) is 8.42 Å². The number of nitrogens with one attached hydrogen (secondary N) is 1. The molecule has 0 radical (unpaired) electrons. The molecular formula is C21H26N2O5S. The van der Waals surface area contributed by atoms with Gasteiger partial charge in [-0.2, -0.15) is 0 Å². The van der Waals surface area contributed by atoms with Crippen molar-refractivity contribution in [2.75, 3.05) is 24.7 Å². The fraction of sp³-hybridized carbons (Fsp3) is 0.381. The Kier molecular flexibility index (Phi) is 5.49. The number of rotatable bonds is 5. The first-order chi connectivity index (χ1) is 13.5. The standard InChI is InChI=1S/C21H26N2O5S/c1-21(2)13-18(17-12-16(27-4)10-11-19(17)28-21)22-20(24)14-6-8-15(9-7-14)23(3)29(5,25)26/h6-12,18H,13H2,1-5H3,(H,22,24). The van der Waals surface area contributed by atoms with Gasteiger partial charge in [-0.05, 0) is 56.3 Å². The summed E-state index contributed by atoms with van der Waals surface area (Å²) in [7, 11) is -0.291. The van der Waals surface area contributed by atoms with E-state index in [1.54, 1.807) is 31.4 Å². The highest BCUT2D eigenvalue weighted by molar-refractivity contribution is 7.92. The van der Waals surface area contributed by atoms with Gasteiger partial charge < -0.3 is 14.8 Å². The Bertz CT molecular complexity index is 1020. The molecule has 29 heavy (non-hydrogen) atoms. The van der Waals surface area contributed by atoms with Gasteiger partial charge in [0.15, 0.2) is 0 Å². The number of carbonyl (C=O) groups is 1. The van der Waals surface area contributed by atoms with E-state index >= 15 is 0 Å². The molecule has 0 saturated carbocycles. The van der Waals surface area contributed by atoms with Gasteiger partial charge in [-0.15, -0.1) is 0 Å². The Morgan fingerprint density at radius 3 is 2.45 bits per heavy atom. The van der Waals surface area contributed by atoms with Crippen molar-refractivity contribution in [2.45, 2.75) is 31.9 Å². The van der Waals surface area contributed by atoms with E-state index in [9.17, 15) is 13.2 Å². The smallest absolute Gasteiger partial charge is 0.251 e. The third-order valence-electron chi connectivity index (χ3n) is 4.97. The summed E-state index contributed by atoms with van der Waals surface area (Å²) in [5.74, 6) is 1.17. The molecule has 1 aliphatic heterocycles. The molecule has 0 aliphatic carbocycles. The maximum atomic E-state index is 12.9. The fourth-order valence-electron chi connectivity index (χ4n) is 3.34. The maximum absolute atomic E-state index is 12.9. The zero-order valence-corrected chi connectivity index (χ0v) is 18.0. The Hall–Kier alpha value is -2.74. The summed E-state index contributed by atoms with van der Waals surface area (Å²) >= 11 is 0. The van der Waals surface area contributed by atoms with E-state index in [1.807, 2.05) is 32.0 Å². The number of benzene rings is 2. The largest absolute Gasteiger partial charge is 0.497 e. The molecule has 1 atom stereocenters. The summed E-state index contributed by atoms with van der Waals surface area (Å²) < 4.78 is 35.9. The van der Waals surface area contributed by atoms with Crippen LogP contribution in [-0.4, -0.2) is 40.3 Å². The molecule has 3 rings (SSSR count). The molecule has 2 aromatic carbocycles. The minimum absolute atomic E-state index is 0.241. The van der Waals surface area contributed by atoms with Gasteiger partial charge in [0.25, 0.3) is 5.91 Å².